The summed E-state index contributed by atoms with van der Waals surface area (Å²) in [6.07, 6.45) is 2.72. The summed E-state index contributed by atoms with van der Waals surface area (Å²) in [5.41, 5.74) is 2.00. The van der Waals surface area contributed by atoms with Gasteiger partial charge in [0.05, 0.1) is 5.52 Å². The lowest BCUT2D eigenvalue weighted by atomic mass is 10.0. The third kappa shape index (κ3) is 3.19. The summed E-state index contributed by atoms with van der Waals surface area (Å²) in [7, 11) is 0. The molecule has 0 saturated heterocycles. The molecule has 0 aliphatic heterocycles. The minimum atomic E-state index is -0.208. The highest BCUT2D eigenvalue weighted by molar-refractivity contribution is 6.22. The standard InChI is InChI=1S/C15H18Cl2N2/c1-2-15(10-16,11-17)19-9-13-6-3-5-12-7-4-8-18-14(12)13/h3-8,19H,2,9-11H2,1H3. The van der Waals surface area contributed by atoms with Gasteiger partial charge in [-0.3, -0.25) is 4.98 Å². The van der Waals surface area contributed by atoms with Gasteiger partial charge in [0, 0.05) is 35.4 Å². The Hall–Kier alpha value is -0.830. The van der Waals surface area contributed by atoms with Crippen LogP contribution in [0.15, 0.2) is 36.5 Å². The summed E-state index contributed by atoms with van der Waals surface area (Å²) < 4.78 is 0. The second-order valence-corrected chi connectivity index (χ2v) is 5.28. The van der Waals surface area contributed by atoms with Gasteiger partial charge in [0.2, 0.25) is 0 Å². The Bertz CT molecular complexity index is 525. The molecule has 1 N–H and O–H groups in total. The van der Waals surface area contributed by atoms with Crippen LogP contribution >= 0.6 is 23.2 Å². The second kappa shape index (κ2) is 6.56. The largest absolute Gasteiger partial charge is 0.305 e. The fourth-order valence-corrected chi connectivity index (χ4v) is 2.89. The molecular formula is C15H18Cl2N2. The van der Waals surface area contributed by atoms with Crippen LogP contribution in [0.3, 0.4) is 0 Å². The van der Waals surface area contributed by atoms with E-state index in [1.165, 1.54) is 5.56 Å². The molecule has 2 nitrogen and oxygen atoms in total. The van der Waals surface area contributed by atoms with Gasteiger partial charge in [0.1, 0.15) is 0 Å². The van der Waals surface area contributed by atoms with Gasteiger partial charge in [-0.1, -0.05) is 31.2 Å². The average Bonchev–Trinajstić information content (AvgIpc) is 2.49. The lowest BCUT2D eigenvalue weighted by molar-refractivity contribution is 0.385. The first-order chi connectivity index (χ1) is 9.24. The molecule has 1 aromatic carbocycles. The van der Waals surface area contributed by atoms with Crippen LogP contribution in [0.4, 0.5) is 0 Å². The zero-order valence-electron chi connectivity index (χ0n) is 11.0. The van der Waals surface area contributed by atoms with Crippen LogP contribution in [0.25, 0.3) is 10.9 Å². The molecule has 0 bridgehead atoms. The Morgan fingerprint density at radius 3 is 2.58 bits per heavy atom. The summed E-state index contributed by atoms with van der Waals surface area (Å²) >= 11 is 12.1. The van der Waals surface area contributed by atoms with E-state index in [1.807, 2.05) is 12.3 Å². The molecule has 0 aliphatic carbocycles. The number of benzene rings is 1. The number of rotatable bonds is 6. The maximum Gasteiger partial charge on any atom is 0.0746 e. The highest BCUT2D eigenvalue weighted by atomic mass is 35.5. The minimum Gasteiger partial charge on any atom is -0.305 e. The molecule has 1 aromatic heterocycles. The number of para-hydroxylation sites is 1. The van der Waals surface area contributed by atoms with Crippen molar-refractivity contribution < 1.29 is 0 Å². The maximum absolute atomic E-state index is 6.05. The predicted octanol–water partition coefficient (Wildman–Crippen LogP) is 3.95. The number of aromatic nitrogens is 1. The van der Waals surface area contributed by atoms with E-state index in [2.05, 4.69) is 41.5 Å². The molecule has 2 aromatic rings. The van der Waals surface area contributed by atoms with Crippen LogP contribution in [0.5, 0.6) is 0 Å². The molecule has 102 valence electrons. The molecule has 2 rings (SSSR count). The van der Waals surface area contributed by atoms with Crippen molar-refractivity contribution in [3.8, 4) is 0 Å². The third-order valence-corrected chi connectivity index (χ3v) is 4.58. The van der Waals surface area contributed by atoms with Gasteiger partial charge in [-0.15, -0.1) is 23.2 Å². The Morgan fingerprint density at radius 1 is 1.16 bits per heavy atom. The fourth-order valence-electron chi connectivity index (χ4n) is 2.04. The Kier molecular flexibility index (Phi) is 5.03. The monoisotopic (exact) mass is 296 g/mol. The summed E-state index contributed by atoms with van der Waals surface area (Å²) in [5.74, 6) is 1.01. The normalized spacial score (nSPS) is 11.9. The van der Waals surface area contributed by atoms with E-state index in [0.29, 0.717) is 11.8 Å². The molecule has 1 heterocycles. The molecule has 0 unspecified atom stereocenters. The minimum absolute atomic E-state index is 0.208. The molecule has 4 heteroatoms. The number of halogens is 2. The van der Waals surface area contributed by atoms with E-state index in [-0.39, 0.29) is 5.54 Å². The molecule has 0 fully saturated rings. The molecule has 0 amide bonds. The third-order valence-electron chi connectivity index (χ3n) is 3.56. The summed E-state index contributed by atoms with van der Waals surface area (Å²) in [4.78, 5) is 4.45. The van der Waals surface area contributed by atoms with Crippen LogP contribution in [-0.2, 0) is 6.54 Å². The van der Waals surface area contributed by atoms with Crippen molar-refractivity contribution in [2.24, 2.45) is 0 Å². The Labute approximate surface area is 124 Å². The van der Waals surface area contributed by atoms with Gasteiger partial charge in [-0.25, -0.2) is 0 Å². The molecule has 0 atom stereocenters. The Morgan fingerprint density at radius 2 is 1.89 bits per heavy atom. The first-order valence-electron chi connectivity index (χ1n) is 6.44. The number of alkyl halides is 2. The average molecular weight is 297 g/mol. The zero-order valence-corrected chi connectivity index (χ0v) is 12.5. The van der Waals surface area contributed by atoms with Crippen molar-refractivity contribution in [3.63, 3.8) is 0 Å². The number of fused-ring (bicyclic) bond motifs is 1. The van der Waals surface area contributed by atoms with Gasteiger partial charge in [-0.2, -0.15) is 0 Å². The first-order valence-corrected chi connectivity index (χ1v) is 7.51. The smallest absolute Gasteiger partial charge is 0.0746 e. The van der Waals surface area contributed by atoms with Crippen molar-refractivity contribution in [3.05, 3.63) is 42.1 Å². The number of hydrogen-bond acceptors (Lipinski definition) is 2. The van der Waals surface area contributed by atoms with Gasteiger partial charge in [0.25, 0.3) is 0 Å². The molecule has 19 heavy (non-hydrogen) atoms. The number of nitrogens with zero attached hydrogens (tertiary/aromatic N) is 1. The van der Waals surface area contributed by atoms with Crippen molar-refractivity contribution in [1.29, 1.82) is 0 Å². The van der Waals surface area contributed by atoms with Gasteiger partial charge in [0.15, 0.2) is 0 Å². The van der Waals surface area contributed by atoms with Crippen molar-refractivity contribution in [2.45, 2.75) is 25.4 Å². The van der Waals surface area contributed by atoms with Gasteiger partial charge < -0.3 is 5.32 Å². The van der Waals surface area contributed by atoms with E-state index in [4.69, 9.17) is 23.2 Å². The molecule has 0 aliphatic rings. The van der Waals surface area contributed by atoms with Crippen LogP contribution in [-0.4, -0.2) is 22.3 Å². The van der Waals surface area contributed by atoms with E-state index < -0.39 is 0 Å². The van der Waals surface area contributed by atoms with E-state index in [1.54, 1.807) is 0 Å². The van der Waals surface area contributed by atoms with Crippen LogP contribution in [0.2, 0.25) is 0 Å². The first kappa shape index (κ1) is 14.6. The van der Waals surface area contributed by atoms with Crippen LogP contribution in [0, 0.1) is 0 Å². The van der Waals surface area contributed by atoms with Gasteiger partial charge >= 0.3 is 0 Å². The van der Waals surface area contributed by atoms with Crippen LogP contribution < -0.4 is 5.32 Å². The van der Waals surface area contributed by atoms with Crippen molar-refractivity contribution in [1.82, 2.24) is 10.3 Å². The highest BCUT2D eigenvalue weighted by Gasteiger charge is 2.25. The molecular weight excluding hydrogens is 279 g/mol. The lowest BCUT2D eigenvalue weighted by Crippen LogP contribution is -2.47. The summed E-state index contributed by atoms with van der Waals surface area (Å²) in [5, 5.41) is 4.64. The predicted molar refractivity (Wildman–Crippen MR) is 83.0 cm³/mol. The van der Waals surface area contributed by atoms with E-state index in [0.717, 1.165) is 23.9 Å². The second-order valence-electron chi connectivity index (χ2n) is 4.75. The van der Waals surface area contributed by atoms with E-state index in [9.17, 15) is 0 Å². The zero-order chi connectivity index (χ0) is 13.7. The summed E-state index contributed by atoms with van der Waals surface area (Å²) in [6.45, 7) is 2.82. The Balaban J connectivity index is 2.22. The van der Waals surface area contributed by atoms with E-state index >= 15 is 0 Å². The lowest BCUT2D eigenvalue weighted by Gasteiger charge is -2.29. The van der Waals surface area contributed by atoms with Crippen LogP contribution in [0.1, 0.15) is 18.9 Å². The molecule has 0 radical (unpaired) electrons. The topological polar surface area (TPSA) is 24.9 Å². The molecule has 0 saturated carbocycles. The number of pyridine rings is 1. The van der Waals surface area contributed by atoms with Crippen molar-refractivity contribution >= 4 is 34.1 Å². The highest BCUT2D eigenvalue weighted by Crippen LogP contribution is 2.19. The van der Waals surface area contributed by atoms with Crippen molar-refractivity contribution in [2.75, 3.05) is 11.8 Å². The van der Waals surface area contributed by atoms with Gasteiger partial charge in [-0.05, 0) is 18.1 Å². The number of nitrogens with one attached hydrogen (secondary N) is 1. The molecule has 0 spiro atoms. The number of hydrogen-bond donors (Lipinski definition) is 1. The summed E-state index contributed by atoms with van der Waals surface area (Å²) in [6, 6.07) is 10.2. The quantitative estimate of drug-likeness (QED) is 0.817. The fraction of sp³-hybridized carbons (Fsp3) is 0.400. The SMILES string of the molecule is CCC(CCl)(CCl)NCc1cccc2cccnc12. The maximum atomic E-state index is 6.05.